The number of rotatable bonds is 3. The number of hydrogen-bond acceptors (Lipinski definition) is 6. The number of hydrogen-bond donors (Lipinski definition) is 1. The zero-order valence-corrected chi connectivity index (χ0v) is 10.1. The van der Waals surface area contributed by atoms with Gasteiger partial charge in [-0.3, -0.25) is 0 Å². The summed E-state index contributed by atoms with van der Waals surface area (Å²) in [6, 6.07) is 1.16. The number of carbonyl (C=O) groups is 1. The zero-order valence-electron chi connectivity index (χ0n) is 10.1. The minimum Gasteiger partial charge on any atom is -0.478 e. The third kappa shape index (κ3) is 2.12. The average Bonchev–Trinajstić information content (AvgIpc) is 2.81. The molecular weight excluding hydrogens is 254 g/mol. The Kier molecular flexibility index (Phi) is 2.95. The van der Waals surface area contributed by atoms with Gasteiger partial charge in [0.1, 0.15) is 5.56 Å². The lowest BCUT2D eigenvalue weighted by atomic mass is 10.1. The first kappa shape index (κ1) is 12.6. The number of nitro groups is 1. The molecule has 0 unspecified atom stereocenters. The highest BCUT2D eigenvalue weighted by Crippen LogP contribution is 2.18. The molecule has 0 amide bonds. The second-order valence-electron chi connectivity index (χ2n) is 3.79. The number of nitrogens with zero attached hydrogens (tertiary/aromatic N) is 5. The van der Waals surface area contributed by atoms with Crippen molar-refractivity contribution >= 4 is 11.8 Å². The van der Waals surface area contributed by atoms with Crippen molar-refractivity contribution in [2.45, 2.75) is 13.8 Å². The van der Waals surface area contributed by atoms with Gasteiger partial charge in [-0.25, -0.2) is 4.79 Å². The minimum absolute atomic E-state index is 0.0521. The molecule has 0 aliphatic carbocycles. The molecule has 2 aromatic heterocycles. The third-order valence-electron chi connectivity index (χ3n) is 2.63. The van der Waals surface area contributed by atoms with Gasteiger partial charge < -0.3 is 15.2 Å². The first-order valence-electron chi connectivity index (χ1n) is 5.19. The van der Waals surface area contributed by atoms with Gasteiger partial charge in [-0.1, -0.05) is 0 Å². The van der Waals surface area contributed by atoms with Crippen LogP contribution in [0, 0.1) is 24.0 Å². The number of aromatic nitrogens is 4. The van der Waals surface area contributed by atoms with Crippen LogP contribution in [0.25, 0.3) is 5.82 Å². The molecule has 0 aliphatic rings. The van der Waals surface area contributed by atoms with Crippen LogP contribution in [0.5, 0.6) is 0 Å². The maximum absolute atomic E-state index is 11.3. The number of aromatic carboxylic acids is 1. The van der Waals surface area contributed by atoms with E-state index in [1.54, 1.807) is 13.8 Å². The van der Waals surface area contributed by atoms with E-state index < -0.39 is 16.7 Å². The van der Waals surface area contributed by atoms with Gasteiger partial charge in [-0.15, -0.1) is 9.78 Å². The molecule has 1 N–H and O–H groups in total. The summed E-state index contributed by atoms with van der Waals surface area (Å²) in [5.41, 5.74) is 0.837. The van der Waals surface area contributed by atoms with E-state index in [1.807, 2.05) is 0 Å². The zero-order chi connectivity index (χ0) is 14.2. The van der Waals surface area contributed by atoms with Crippen LogP contribution in [0.1, 0.15) is 21.6 Å². The van der Waals surface area contributed by atoms with Crippen molar-refractivity contribution in [1.29, 1.82) is 0 Å². The Morgan fingerprint density at radius 1 is 1.42 bits per heavy atom. The average molecular weight is 263 g/mol. The number of carboxylic acid groups (broad SMARTS) is 1. The molecule has 98 valence electrons. The van der Waals surface area contributed by atoms with Crippen LogP contribution in [-0.4, -0.2) is 36.0 Å². The fraction of sp³-hybridized carbons (Fsp3) is 0.200. The Bertz CT molecular complexity index is 679. The predicted molar refractivity (Wildman–Crippen MR) is 62.2 cm³/mol. The molecule has 2 rings (SSSR count). The second-order valence-corrected chi connectivity index (χ2v) is 3.79. The van der Waals surface area contributed by atoms with E-state index >= 15 is 0 Å². The van der Waals surface area contributed by atoms with Crippen molar-refractivity contribution < 1.29 is 14.8 Å². The van der Waals surface area contributed by atoms with E-state index in [2.05, 4.69) is 15.3 Å². The van der Waals surface area contributed by atoms with Gasteiger partial charge in [0.25, 0.3) is 0 Å². The van der Waals surface area contributed by atoms with Gasteiger partial charge >= 0.3 is 11.8 Å². The molecule has 0 spiro atoms. The Morgan fingerprint density at radius 3 is 2.63 bits per heavy atom. The summed E-state index contributed by atoms with van der Waals surface area (Å²) in [5, 5.41) is 31.0. The summed E-state index contributed by atoms with van der Waals surface area (Å²) < 4.78 is 1.03. The molecule has 0 aromatic carbocycles. The van der Waals surface area contributed by atoms with Crippen molar-refractivity contribution in [3.05, 3.63) is 39.2 Å². The van der Waals surface area contributed by atoms with Gasteiger partial charge in [0.15, 0.2) is 0 Å². The van der Waals surface area contributed by atoms with Crippen molar-refractivity contribution in [1.82, 2.24) is 20.0 Å². The van der Waals surface area contributed by atoms with Crippen LogP contribution in [0.2, 0.25) is 0 Å². The highest BCUT2D eigenvalue weighted by Gasteiger charge is 2.23. The summed E-state index contributed by atoms with van der Waals surface area (Å²) in [6.45, 7) is 3.22. The Balaban J connectivity index is 2.64. The first-order valence-corrected chi connectivity index (χ1v) is 5.19. The number of aryl methyl sites for hydroxylation is 1. The van der Waals surface area contributed by atoms with Gasteiger partial charge in [0.2, 0.25) is 5.82 Å². The molecule has 0 saturated heterocycles. The van der Waals surface area contributed by atoms with Crippen LogP contribution < -0.4 is 0 Å². The third-order valence-corrected chi connectivity index (χ3v) is 2.63. The first-order chi connectivity index (χ1) is 8.91. The van der Waals surface area contributed by atoms with E-state index in [0.29, 0.717) is 11.3 Å². The standard InChI is InChI=1S/C10H9N5O4/c1-5-6(2)11-12-9(8(5)10(16)17)14-4-3-7(13-14)15(18)19/h3-4H,1-2H3,(H,16,17). The smallest absolute Gasteiger partial charge is 0.390 e. The molecule has 0 aliphatic heterocycles. The maximum atomic E-state index is 11.3. The maximum Gasteiger partial charge on any atom is 0.390 e. The Morgan fingerprint density at radius 2 is 2.11 bits per heavy atom. The summed E-state index contributed by atoms with van der Waals surface area (Å²) in [5.74, 6) is -1.64. The predicted octanol–water partition coefficient (Wildman–Crippen LogP) is 0.886. The van der Waals surface area contributed by atoms with Crippen molar-refractivity contribution in [2.75, 3.05) is 0 Å². The van der Waals surface area contributed by atoms with Crippen molar-refractivity contribution in [3.8, 4) is 5.82 Å². The lowest BCUT2D eigenvalue weighted by molar-refractivity contribution is -0.389. The molecule has 0 fully saturated rings. The molecule has 0 saturated carbocycles. The SMILES string of the molecule is Cc1nnc(-n2ccc([N+](=O)[O-])n2)c(C(=O)O)c1C. The number of carboxylic acids is 1. The lowest BCUT2D eigenvalue weighted by Gasteiger charge is -2.06. The molecule has 9 heteroatoms. The summed E-state index contributed by atoms with van der Waals surface area (Å²) >= 11 is 0. The molecule has 0 radical (unpaired) electrons. The second kappa shape index (κ2) is 4.44. The van der Waals surface area contributed by atoms with Gasteiger partial charge in [0, 0.05) is 0 Å². The Labute approximate surface area is 106 Å². The topological polar surface area (TPSA) is 124 Å². The van der Waals surface area contributed by atoms with E-state index in [9.17, 15) is 20.0 Å². The van der Waals surface area contributed by atoms with Gasteiger partial charge in [0.05, 0.1) is 23.1 Å². The van der Waals surface area contributed by atoms with Crippen molar-refractivity contribution in [3.63, 3.8) is 0 Å². The quantitative estimate of drug-likeness (QED) is 0.643. The molecule has 0 bridgehead atoms. The summed E-state index contributed by atoms with van der Waals surface area (Å²) in [4.78, 5) is 21.2. The van der Waals surface area contributed by atoms with Gasteiger partial charge in [-0.05, 0) is 24.3 Å². The monoisotopic (exact) mass is 263 g/mol. The molecule has 9 nitrogen and oxygen atoms in total. The van der Waals surface area contributed by atoms with Crippen molar-refractivity contribution in [2.24, 2.45) is 0 Å². The largest absolute Gasteiger partial charge is 0.478 e. The molecule has 0 atom stereocenters. The van der Waals surface area contributed by atoms with Gasteiger partial charge in [-0.2, -0.15) is 5.10 Å². The van der Waals surface area contributed by atoms with E-state index in [4.69, 9.17) is 0 Å². The van der Waals surface area contributed by atoms with E-state index in [-0.39, 0.29) is 11.4 Å². The molecule has 19 heavy (non-hydrogen) atoms. The summed E-state index contributed by atoms with van der Waals surface area (Å²) in [7, 11) is 0. The van der Waals surface area contributed by atoms with Crippen LogP contribution in [0.3, 0.4) is 0 Å². The summed E-state index contributed by atoms with van der Waals surface area (Å²) in [6.07, 6.45) is 1.27. The van der Waals surface area contributed by atoms with Crippen LogP contribution in [-0.2, 0) is 0 Å². The highest BCUT2D eigenvalue weighted by atomic mass is 16.6. The minimum atomic E-state index is -1.19. The van der Waals surface area contributed by atoms with E-state index in [0.717, 1.165) is 10.7 Å². The van der Waals surface area contributed by atoms with Crippen LogP contribution >= 0.6 is 0 Å². The van der Waals surface area contributed by atoms with Crippen LogP contribution in [0.15, 0.2) is 12.3 Å². The molecule has 2 aromatic rings. The molecule has 2 heterocycles. The lowest BCUT2D eigenvalue weighted by Crippen LogP contribution is -2.13. The highest BCUT2D eigenvalue weighted by molar-refractivity contribution is 5.92. The van der Waals surface area contributed by atoms with Crippen LogP contribution in [0.4, 0.5) is 5.82 Å². The Hall–Kier alpha value is -2.84. The molecular formula is C10H9N5O4. The normalized spacial score (nSPS) is 10.4. The fourth-order valence-corrected chi connectivity index (χ4v) is 1.54. The fourth-order valence-electron chi connectivity index (χ4n) is 1.54. The van der Waals surface area contributed by atoms with E-state index in [1.165, 1.54) is 6.20 Å².